The van der Waals surface area contributed by atoms with E-state index in [4.69, 9.17) is 4.74 Å². The van der Waals surface area contributed by atoms with E-state index in [1.54, 1.807) is 7.11 Å². The normalized spacial score (nSPS) is 13.1. The monoisotopic (exact) mass is 130 g/mol. The quantitative estimate of drug-likeness (QED) is 0.413. The van der Waals surface area contributed by atoms with E-state index in [0.717, 1.165) is 25.7 Å². The maximum absolute atomic E-state index is 10.1. The van der Waals surface area contributed by atoms with Crippen molar-refractivity contribution in [1.29, 1.82) is 0 Å². The van der Waals surface area contributed by atoms with Crippen molar-refractivity contribution in [3.8, 4) is 0 Å². The zero-order chi connectivity index (χ0) is 7.11. The predicted molar refractivity (Wildman–Crippen MR) is 36.3 cm³/mol. The van der Waals surface area contributed by atoms with Crippen LogP contribution in [0.2, 0.25) is 0 Å². The van der Waals surface area contributed by atoms with Crippen LogP contribution in [0.4, 0.5) is 0 Å². The van der Waals surface area contributed by atoms with Crippen molar-refractivity contribution in [2.24, 2.45) is 5.92 Å². The van der Waals surface area contributed by atoms with Gasteiger partial charge in [0.15, 0.2) is 0 Å². The van der Waals surface area contributed by atoms with Crippen molar-refractivity contribution in [2.75, 3.05) is 13.7 Å². The number of aldehydes is 1. The van der Waals surface area contributed by atoms with Crippen LogP contribution in [0.15, 0.2) is 0 Å². The Morgan fingerprint density at radius 3 is 2.78 bits per heavy atom. The van der Waals surface area contributed by atoms with Crippen molar-refractivity contribution in [1.82, 2.24) is 0 Å². The van der Waals surface area contributed by atoms with Gasteiger partial charge in [0.2, 0.25) is 0 Å². The molecule has 0 saturated heterocycles. The summed E-state index contributed by atoms with van der Waals surface area (Å²) in [5.74, 6) is 0.195. The average Bonchev–Trinajstić information content (AvgIpc) is 1.89. The molecular weight excluding hydrogens is 116 g/mol. The fourth-order valence-electron chi connectivity index (χ4n) is 0.618. The van der Waals surface area contributed by atoms with Gasteiger partial charge >= 0.3 is 0 Å². The molecule has 1 atom stereocenters. The predicted octanol–water partition coefficient (Wildman–Crippen LogP) is 1.25. The molecule has 2 nitrogen and oxygen atoms in total. The molecule has 0 rings (SSSR count). The number of ether oxygens (including phenoxy) is 1. The van der Waals surface area contributed by atoms with Gasteiger partial charge in [0, 0.05) is 19.6 Å². The van der Waals surface area contributed by atoms with E-state index in [1.807, 2.05) is 6.92 Å². The van der Waals surface area contributed by atoms with Crippen LogP contribution in [0.25, 0.3) is 0 Å². The third-order valence-corrected chi connectivity index (χ3v) is 1.24. The van der Waals surface area contributed by atoms with Crippen molar-refractivity contribution >= 4 is 6.29 Å². The van der Waals surface area contributed by atoms with Crippen LogP contribution < -0.4 is 0 Å². The lowest BCUT2D eigenvalue weighted by molar-refractivity contribution is -0.110. The molecule has 0 aromatic rings. The molecule has 0 saturated carbocycles. The van der Waals surface area contributed by atoms with E-state index in [1.165, 1.54) is 0 Å². The number of methoxy groups -OCH3 is 1. The van der Waals surface area contributed by atoms with Gasteiger partial charge in [-0.25, -0.2) is 0 Å². The fraction of sp³-hybridized carbons (Fsp3) is 0.857. The standard InChI is InChI=1S/C7H14O2/c1-7(6-8)4-3-5-9-2/h6-7H,3-5H2,1-2H3. The Morgan fingerprint density at radius 1 is 1.67 bits per heavy atom. The maximum Gasteiger partial charge on any atom is 0.122 e. The minimum absolute atomic E-state index is 0.195. The zero-order valence-corrected chi connectivity index (χ0v) is 6.09. The van der Waals surface area contributed by atoms with Gasteiger partial charge in [-0.3, -0.25) is 0 Å². The summed E-state index contributed by atoms with van der Waals surface area (Å²) >= 11 is 0. The highest BCUT2D eigenvalue weighted by molar-refractivity contribution is 5.52. The average molecular weight is 130 g/mol. The van der Waals surface area contributed by atoms with Gasteiger partial charge in [0.05, 0.1) is 0 Å². The van der Waals surface area contributed by atoms with Crippen LogP contribution >= 0.6 is 0 Å². The molecule has 2 heteroatoms. The number of carbonyl (C=O) groups excluding carboxylic acids is 1. The largest absolute Gasteiger partial charge is 0.385 e. The third-order valence-electron chi connectivity index (χ3n) is 1.24. The minimum atomic E-state index is 0.195. The molecule has 0 aromatic heterocycles. The molecule has 0 fully saturated rings. The first-order valence-electron chi connectivity index (χ1n) is 3.25. The first-order chi connectivity index (χ1) is 4.31. The van der Waals surface area contributed by atoms with E-state index >= 15 is 0 Å². The van der Waals surface area contributed by atoms with Crippen LogP contribution in [0, 0.1) is 5.92 Å². The molecule has 0 N–H and O–H groups in total. The Labute approximate surface area is 56.2 Å². The van der Waals surface area contributed by atoms with E-state index in [9.17, 15) is 4.79 Å². The summed E-state index contributed by atoms with van der Waals surface area (Å²) in [5.41, 5.74) is 0. The molecule has 0 aliphatic heterocycles. The number of hydrogen-bond donors (Lipinski definition) is 0. The summed E-state index contributed by atoms with van der Waals surface area (Å²) in [7, 11) is 1.67. The first kappa shape index (κ1) is 8.63. The minimum Gasteiger partial charge on any atom is -0.385 e. The highest BCUT2D eigenvalue weighted by atomic mass is 16.5. The Hall–Kier alpha value is -0.370. The SMILES string of the molecule is COCCCC(C)C=O. The van der Waals surface area contributed by atoms with Gasteiger partial charge in [0.25, 0.3) is 0 Å². The molecule has 0 bridgehead atoms. The van der Waals surface area contributed by atoms with Gasteiger partial charge < -0.3 is 9.53 Å². The Morgan fingerprint density at radius 2 is 2.33 bits per heavy atom. The second kappa shape index (κ2) is 5.76. The zero-order valence-electron chi connectivity index (χ0n) is 6.09. The van der Waals surface area contributed by atoms with Gasteiger partial charge in [0.1, 0.15) is 6.29 Å². The molecule has 1 unspecified atom stereocenters. The summed E-state index contributed by atoms with van der Waals surface area (Å²) in [5, 5.41) is 0. The lowest BCUT2D eigenvalue weighted by Gasteiger charge is -2.00. The Balaban J connectivity index is 2.96. The molecule has 0 amide bonds. The second-order valence-corrected chi connectivity index (χ2v) is 2.25. The summed E-state index contributed by atoms with van der Waals surface area (Å²) in [6.45, 7) is 2.68. The third kappa shape index (κ3) is 5.50. The molecule has 9 heavy (non-hydrogen) atoms. The number of hydrogen-bond acceptors (Lipinski definition) is 2. The van der Waals surface area contributed by atoms with Crippen LogP contribution in [0.1, 0.15) is 19.8 Å². The molecule has 0 radical (unpaired) electrons. The molecule has 0 aliphatic rings. The van der Waals surface area contributed by atoms with Gasteiger partial charge in [-0.2, -0.15) is 0 Å². The van der Waals surface area contributed by atoms with Gasteiger partial charge in [-0.05, 0) is 12.8 Å². The molecular formula is C7H14O2. The second-order valence-electron chi connectivity index (χ2n) is 2.25. The molecule has 0 spiro atoms. The molecule has 0 aromatic carbocycles. The highest BCUT2D eigenvalue weighted by Gasteiger charge is 1.96. The summed E-state index contributed by atoms with van der Waals surface area (Å²) in [6.07, 6.45) is 2.91. The molecule has 0 heterocycles. The maximum atomic E-state index is 10.1. The van der Waals surface area contributed by atoms with Gasteiger partial charge in [-0.15, -0.1) is 0 Å². The fourth-order valence-corrected chi connectivity index (χ4v) is 0.618. The topological polar surface area (TPSA) is 26.3 Å². The van der Waals surface area contributed by atoms with E-state index < -0.39 is 0 Å². The van der Waals surface area contributed by atoms with Crippen molar-refractivity contribution in [3.63, 3.8) is 0 Å². The molecule has 0 aliphatic carbocycles. The summed E-state index contributed by atoms with van der Waals surface area (Å²) in [6, 6.07) is 0. The number of carbonyl (C=O) groups is 1. The van der Waals surface area contributed by atoms with Crippen molar-refractivity contribution in [2.45, 2.75) is 19.8 Å². The van der Waals surface area contributed by atoms with E-state index in [2.05, 4.69) is 0 Å². The lowest BCUT2D eigenvalue weighted by atomic mass is 10.1. The summed E-state index contributed by atoms with van der Waals surface area (Å²) < 4.78 is 4.82. The first-order valence-corrected chi connectivity index (χ1v) is 3.25. The smallest absolute Gasteiger partial charge is 0.122 e. The van der Waals surface area contributed by atoms with E-state index in [-0.39, 0.29) is 5.92 Å². The Kier molecular flexibility index (Phi) is 5.52. The summed E-state index contributed by atoms with van der Waals surface area (Å²) in [4.78, 5) is 10.1. The van der Waals surface area contributed by atoms with Crippen LogP contribution in [0.5, 0.6) is 0 Å². The van der Waals surface area contributed by atoms with Crippen LogP contribution in [-0.4, -0.2) is 20.0 Å². The number of rotatable bonds is 5. The lowest BCUT2D eigenvalue weighted by Crippen LogP contribution is -1.97. The van der Waals surface area contributed by atoms with Gasteiger partial charge in [-0.1, -0.05) is 6.92 Å². The molecule has 54 valence electrons. The van der Waals surface area contributed by atoms with E-state index in [0.29, 0.717) is 0 Å². The highest BCUT2D eigenvalue weighted by Crippen LogP contribution is 2.00. The van der Waals surface area contributed by atoms with Crippen LogP contribution in [-0.2, 0) is 9.53 Å². The van der Waals surface area contributed by atoms with Crippen molar-refractivity contribution < 1.29 is 9.53 Å². The van der Waals surface area contributed by atoms with Crippen molar-refractivity contribution in [3.05, 3.63) is 0 Å². The van der Waals surface area contributed by atoms with Crippen LogP contribution in [0.3, 0.4) is 0 Å². The Bertz CT molecular complexity index is 71.3.